The van der Waals surface area contributed by atoms with E-state index in [0.717, 1.165) is 6.07 Å². The minimum absolute atomic E-state index is 0.0495. The second kappa shape index (κ2) is 8.53. The van der Waals surface area contributed by atoms with Gasteiger partial charge in [-0.25, -0.2) is 13.8 Å². The molecule has 0 aliphatic carbocycles. The number of aryl methyl sites for hydroxylation is 1. The van der Waals surface area contributed by atoms with Gasteiger partial charge in [-0.15, -0.1) is 0 Å². The number of nitrogens with one attached hydrogen (secondary N) is 1. The lowest BCUT2D eigenvalue weighted by atomic mass is 10.1. The highest BCUT2D eigenvalue weighted by atomic mass is 35.5. The minimum atomic E-state index is -0.687. The smallest absolute Gasteiger partial charge is 0.257 e. The van der Waals surface area contributed by atoms with Crippen LogP contribution in [0.25, 0.3) is 11.4 Å². The van der Waals surface area contributed by atoms with Crippen LogP contribution in [0.1, 0.15) is 18.2 Å². The van der Waals surface area contributed by atoms with Crippen molar-refractivity contribution in [2.45, 2.75) is 26.8 Å². The number of carbonyl (C=O) groups is 1. The number of rotatable bonds is 5. The highest BCUT2D eigenvalue weighted by molar-refractivity contribution is 6.30. The lowest BCUT2D eigenvalue weighted by molar-refractivity contribution is -0.116. The van der Waals surface area contributed by atoms with Crippen LogP contribution in [0, 0.1) is 18.6 Å². The van der Waals surface area contributed by atoms with Gasteiger partial charge in [-0.1, -0.05) is 18.5 Å². The van der Waals surface area contributed by atoms with Gasteiger partial charge in [0.2, 0.25) is 5.91 Å². The molecule has 5 nitrogen and oxygen atoms in total. The topological polar surface area (TPSA) is 64.0 Å². The van der Waals surface area contributed by atoms with Gasteiger partial charge < -0.3 is 5.32 Å². The highest BCUT2D eigenvalue weighted by Crippen LogP contribution is 2.20. The summed E-state index contributed by atoms with van der Waals surface area (Å²) in [6, 6.07) is 9.32. The second-order valence-corrected chi connectivity index (χ2v) is 6.86. The Morgan fingerprint density at radius 2 is 1.86 bits per heavy atom. The normalized spacial score (nSPS) is 10.8. The van der Waals surface area contributed by atoms with Crippen LogP contribution in [0.2, 0.25) is 5.02 Å². The number of hydrogen-bond acceptors (Lipinski definition) is 3. The summed E-state index contributed by atoms with van der Waals surface area (Å²) in [5.41, 5.74) is 1.08. The van der Waals surface area contributed by atoms with Gasteiger partial charge in [-0.3, -0.25) is 14.2 Å². The molecule has 8 heteroatoms. The Labute approximate surface area is 171 Å². The number of hydrogen-bond donors (Lipinski definition) is 1. The van der Waals surface area contributed by atoms with E-state index in [2.05, 4.69) is 10.3 Å². The molecular weight excluding hydrogens is 400 g/mol. The summed E-state index contributed by atoms with van der Waals surface area (Å²) in [7, 11) is 0. The molecule has 0 saturated carbocycles. The molecule has 0 radical (unpaired) electrons. The molecule has 3 rings (SSSR count). The van der Waals surface area contributed by atoms with Crippen LogP contribution in [0.3, 0.4) is 0 Å². The Kier molecular flexibility index (Phi) is 6.08. The van der Waals surface area contributed by atoms with E-state index in [1.807, 2.05) is 6.92 Å². The zero-order valence-electron chi connectivity index (χ0n) is 15.8. The van der Waals surface area contributed by atoms with E-state index in [-0.39, 0.29) is 28.6 Å². The summed E-state index contributed by atoms with van der Waals surface area (Å²) in [6.45, 7) is 3.14. The Hall–Kier alpha value is -3.06. The lowest BCUT2D eigenvalue weighted by Crippen LogP contribution is -2.32. The van der Waals surface area contributed by atoms with Crippen molar-refractivity contribution >= 4 is 23.2 Å². The fourth-order valence-electron chi connectivity index (χ4n) is 3.00. The molecule has 3 aromatic rings. The molecule has 2 aromatic carbocycles. The zero-order valence-corrected chi connectivity index (χ0v) is 16.6. The molecule has 0 atom stereocenters. The molecule has 0 unspecified atom stereocenters. The molecule has 1 aromatic heterocycles. The standard InChI is InChI=1S/C21H18ClF2N3O2/c1-3-16-12(2)25-20(13-4-7-15(23)8-5-13)27(21(16)29)11-19(28)26-18-9-6-14(22)10-17(18)24/h4-10H,3,11H2,1-2H3,(H,26,28). The summed E-state index contributed by atoms with van der Waals surface area (Å²) in [5.74, 6) is -1.49. The summed E-state index contributed by atoms with van der Waals surface area (Å²) in [4.78, 5) is 30.0. The molecule has 0 spiro atoms. The number of aromatic nitrogens is 2. The van der Waals surface area contributed by atoms with Gasteiger partial charge in [0.25, 0.3) is 5.56 Å². The molecular formula is C21H18ClF2N3O2. The third-order valence-electron chi connectivity index (χ3n) is 4.43. The van der Waals surface area contributed by atoms with Gasteiger partial charge in [0.15, 0.2) is 0 Å². The van der Waals surface area contributed by atoms with E-state index in [0.29, 0.717) is 23.2 Å². The van der Waals surface area contributed by atoms with Crippen LogP contribution in [-0.4, -0.2) is 15.5 Å². The van der Waals surface area contributed by atoms with Gasteiger partial charge in [-0.05, 0) is 55.8 Å². The van der Waals surface area contributed by atoms with E-state index in [4.69, 9.17) is 11.6 Å². The maximum Gasteiger partial charge on any atom is 0.257 e. The average molecular weight is 418 g/mol. The summed E-state index contributed by atoms with van der Waals surface area (Å²) >= 11 is 5.72. The molecule has 29 heavy (non-hydrogen) atoms. The van der Waals surface area contributed by atoms with Crippen molar-refractivity contribution in [1.29, 1.82) is 0 Å². The zero-order chi connectivity index (χ0) is 21.1. The number of benzene rings is 2. The summed E-state index contributed by atoms with van der Waals surface area (Å²) < 4.78 is 28.5. The first-order valence-corrected chi connectivity index (χ1v) is 9.29. The monoisotopic (exact) mass is 417 g/mol. The number of amides is 1. The Balaban J connectivity index is 2.01. The SMILES string of the molecule is CCc1c(C)nc(-c2ccc(F)cc2)n(CC(=O)Nc2ccc(Cl)cc2F)c1=O. The molecule has 150 valence electrons. The van der Waals surface area contributed by atoms with Crippen LogP contribution in [0.5, 0.6) is 0 Å². The number of carbonyl (C=O) groups excluding carboxylic acids is 1. The van der Waals surface area contributed by atoms with E-state index in [1.165, 1.54) is 41.0 Å². The predicted octanol–water partition coefficient (Wildman–Crippen LogP) is 4.35. The Morgan fingerprint density at radius 1 is 1.17 bits per heavy atom. The molecule has 1 N–H and O–H groups in total. The number of halogens is 3. The van der Waals surface area contributed by atoms with Crippen molar-refractivity contribution in [3.05, 3.63) is 80.7 Å². The van der Waals surface area contributed by atoms with Crippen molar-refractivity contribution in [2.75, 3.05) is 5.32 Å². The molecule has 0 aliphatic heterocycles. The van der Waals surface area contributed by atoms with Gasteiger partial charge >= 0.3 is 0 Å². The number of nitrogens with zero attached hydrogens (tertiary/aromatic N) is 2. The van der Waals surface area contributed by atoms with Gasteiger partial charge in [0, 0.05) is 21.8 Å². The third-order valence-corrected chi connectivity index (χ3v) is 4.67. The van der Waals surface area contributed by atoms with Crippen molar-refractivity contribution in [3.8, 4) is 11.4 Å². The molecule has 0 bridgehead atoms. The second-order valence-electron chi connectivity index (χ2n) is 6.42. The van der Waals surface area contributed by atoms with Crippen LogP contribution in [0.15, 0.2) is 47.3 Å². The number of anilines is 1. The molecule has 0 saturated heterocycles. The maximum atomic E-state index is 14.0. The van der Waals surface area contributed by atoms with Crippen molar-refractivity contribution < 1.29 is 13.6 Å². The lowest BCUT2D eigenvalue weighted by Gasteiger charge is -2.16. The van der Waals surface area contributed by atoms with Gasteiger partial charge in [0.1, 0.15) is 24.0 Å². The quantitative estimate of drug-likeness (QED) is 0.671. The molecule has 1 heterocycles. The Bertz CT molecular complexity index is 1130. The average Bonchev–Trinajstić information content (AvgIpc) is 2.67. The van der Waals surface area contributed by atoms with Gasteiger partial charge in [0.05, 0.1) is 5.69 Å². The van der Waals surface area contributed by atoms with E-state index in [9.17, 15) is 18.4 Å². The highest BCUT2D eigenvalue weighted by Gasteiger charge is 2.18. The first-order valence-electron chi connectivity index (χ1n) is 8.91. The van der Waals surface area contributed by atoms with Crippen LogP contribution in [-0.2, 0) is 17.8 Å². The third kappa shape index (κ3) is 4.51. The first-order chi connectivity index (χ1) is 13.8. The van der Waals surface area contributed by atoms with Crippen LogP contribution < -0.4 is 10.9 Å². The fraction of sp³-hybridized carbons (Fsp3) is 0.190. The maximum absolute atomic E-state index is 14.0. The minimum Gasteiger partial charge on any atom is -0.322 e. The van der Waals surface area contributed by atoms with Crippen molar-refractivity contribution in [3.63, 3.8) is 0 Å². The predicted molar refractivity (Wildman–Crippen MR) is 108 cm³/mol. The fourth-order valence-corrected chi connectivity index (χ4v) is 3.16. The Morgan fingerprint density at radius 3 is 2.48 bits per heavy atom. The molecule has 0 aliphatic rings. The largest absolute Gasteiger partial charge is 0.322 e. The molecule has 0 fully saturated rings. The summed E-state index contributed by atoms with van der Waals surface area (Å²) in [6.07, 6.45) is 0.439. The van der Waals surface area contributed by atoms with Gasteiger partial charge in [-0.2, -0.15) is 0 Å². The van der Waals surface area contributed by atoms with Crippen molar-refractivity contribution in [1.82, 2.24) is 9.55 Å². The van der Waals surface area contributed by atoms with Crippen LogP contribution in [0.4, 0.5) is 14.5 Å². The van der Waals surface area contributed by atoms with Crippen LogP contribution >= 0.6 is 11.6 Å². The van der Waals surface area contributed by atoms with E-state index < -0.39 is 17.5 Å². The van der Waals surface area contributed by atoms with E-state index in [1.54, 1.807) is 6.92 Å². The first kappa shape index (κ1) is 20.7. The molecule has 1 amide bonds. The van der Waals surface area contributed by atoms with E-state index >= 15 is 0 Å². The summed E-state index contributed by atoms with van der Waals surface area (Å²) in [5, 5.41) is 2.63. The van der Waals surface area contributed by atoms with Crippen molar-refractivity contribution in [2.24, 2.45) is 0 Å².